The molecule has 2 aromatic heterocycles. The second-order valence-corrected chi connectivity index (χ2v) is 6.36. The van der Waals surface area contributed by atoms with Crippen LogP contribution in [0.2, 0.25) is 0 Å². The Balaban J connectivity index is 1.62. The number of esters is 1. The predicted octanol–water partition coefficient (Wildman–Crippen LogP) is 4.26. The number of rotatable bonds is 5. The van der Waals surface area contributed by atoms with Crippen LogP contribution in [0.4, 0.5) is 13.2 Å². The quantitative estimate of drug-likeness (QED) is 0.671. The summed E-state index contributed by atoms with van der Waals surface area (Å²) < 4.78 is 43.3. The van der Waals surface area contributed by atoms with E-state index in [9.17, 15) is 18.0 Å². The Labute approximate surface area is 150 Å². The number of hydrogen-bond acceptors (Lipinski definition) is 5. The predicted molar refractivity (Wildman–Crippen MR) is 89.9 cm³/mol. The van der Waals surface area contributed by atoms with E-state index >= 15 is 0 Å². The average Bonchev–Trinajstić information content (AvgIpc) is 3.24. The molecule has 0 aliphatic heterocycles. The van der Waals surface area contributed by atoms with E-state index < -0.39 is 17.8 Å². The number of carbonyl (C=O) groups is 1. The summed E-state index contributed by atoms with van der Waals surface area (Å²) in [5, 5.41) is 7.57. The zero-order chi connectivity index (χ0) is 18.7. The highest BCUT2D eigenvalue weighted by Crippen LogP contribution is 2.30. The molecule has 0 amide bonds. The number of nitrogens with zero attached hydrogens (tertiary/aromatic N) is 2. The summed E-state index contributed by atoms with van der Waals surface area (Å²) in [6.45, 7) is 1.75. The van der Waals surface area contributed by atoms with Crippen LogP contribution in [0.25, 0.3) is 10.6 Å². The molecule has 0 fully saturated rings. The smallest absolute Gasteiger partial charge is 0.433 e. The van der Waals surface area contributed by atoms with Crippen LogP contribution in [0.1, 0.15) is 27.3 Å². The number of halogens is 3. The number of alkyl halides is 3. The van der Waals surface area contributed by atoms with Gasteiger partial charge in [-0.3, -0.25) is 5.10 Å². The molecule has 0 bridgehead atoms. The minimum Gasteiger partial charge on any atom is -0.461 e. The van der Waals surface area contributed by atoms with Crippen molar-refractivity contribution in [1.82, 2.24) is 15.2 Å². The Morgan fingerprint density at radius 2 is 2.08 bits per heavy atom. The van der Waals surface area contributed by atoms with E-state index in [1.165, 1.54) is 11.3 Å². The molecule has 1 N–H and O–H groups in total. The standard InChI is InChI=1S/C17H14F3N3O2S/c1-10-4-2-3-5-12(10)15-22-13(9-26-15)16(24)25-7-6-11-8-21-23-14(11)17(18,19)20/h2-5,8-9H,6-7H2,1H3,(H,21,23). The summed E-state index contributed by atoms with van der Waals surface area (Å²) in [7, 11) is 0. The first kappa shape index (κ1) is 18.1. The molecule has 3 aromatic rings. The van der Waals surface area contributed by atoms with Gasteiger partial charge in [0.2, 0.25) is 0 Å². The molecule has 0 saturated heterocycles. The Kier molecular flexibility index (Phi) is 5.08. The first-order valence-electron chi connectivity index (χ1n) is 7.64. The maximum absolute atomic E-state index is 12.7. The molecular weight excluding hydrogens is 367 g/mol. The van der Waals surface area contributed by atoms with Crippen molar-refractivity contribution in [3.63, 3.8) is 0 Å². The van der Waals surface area contributed by atoms with E-state index in [0.717, 1.165) is 17.3 Å². The maximum Gasteiger partial charge on any atom is 0.433 e. The topological polar surface area (TPSA) is 67.9 Å². The summed E-state index contributed by atoms with van der Waals surface area (Å²) in [4.78, 5) is 16.3. The molecule has 2 heterocycles. The van der Waals surface area contributed by atoms with E-state index in [1.54, 1.807) is 5.38 Å². The third kappa shape index (κ3) is 3.93. The van der Waals surface area contributed by atoms with Crippen LogP contribution >= 0.6 is 11.3 Å². The Bertz CT molecular complexity index is 918. The SMILES string of the molecule is Cc1ccccc1-c1nc(C(=O)OCCc2cn[nH]c2C(F)(F)F)cs1. The lowest BCUT2D eigenvalue weighted by atomic mass is 10.1. The van der Waals surface area contributed by atoms with Crippen LogP contribution in [-0.2, 0) is 17.3 Å². The largest absolute Gasteiger partial charge is 0.461 e. The second-order valence-electron chi connectivity index (χ2n) is 5.51. The first-order valence-corrected chi connectivity index (χ1v) is 8.52. The number of aryl methyl sites for hydroxylation is 1. The summed E-state index contributed by atoms with van der Waals surface area (Å²) in [5.74, 6) is -0.668. The van der Waals surface area contributed by atoms with E-state index in [4.69, 9.17) is 4.74 Å². The van der Waals surface area contributed by atoms with Crippen molar-refractivity contribution in [2.45, 2.75) is 19.5 Å². The monoisotopic (exact) mass is 381 g/mol. The van der Waals surface area contributed by atoms with E-state index in [0.29, 0.717) is 5.01 Å². The van der Waals surface area contributed by atoms with Crippen LogP contribution < -0.4 is 0 Å². The highest BCUT2D eigenvalue weighted by molar-refractivity contribution is 7.13. The zero-order valence-corrected chi connectivity index (χ0v) is 14.4. The first-order chi connectivity index (χ1) is 12.4. The summed E-state index contributed by atoms with van der Waals surface area (Å²) in [6.07, 6.45) is -3.53. The third-order valence-electron chi connectivity index (χ3n) is 3.69. The number of nitrogens with one attached hydrogen (secondary N) is 1. The number of H-pyrrole nitrogens is 1. The number of aromatic nitrogens is 3. The van der Waals surface area contributed by atoms with Gasteiger partial charge in [0.1, 0.15) is 10.7 Å². The molecular formula is C17H14F3N3O2S. The maximum atomic E-state index is 12.7. The molecule has 0 aliphatic rings. The van der Waals surface area contributed by atoms with Gasteiger partial charge in [-0.15, -0.1) is 11.3 Å². The van der Waals surface area contributed by atoms with Crippen molar-refractivity contribution in [1.29, 1.82) is 0 Å². The summed E-state index contributed by atoms with van der Waals surface area (Å²) >= 11 is 1.31. The van der Waals surface area contributed by atoms with Gasteiger partial charge in [0.15, 0.2) is 5.69 Å². The van der Waals surface area contributed by atoms with Crippen LogP contribution in [0.3, 0.4) is 0 Å². The second kappa shape index (κ2) is 7.28. The Morgan fingerprint density at radius 1 is 1.31 bits per heavy atom. The van der Waals surface area contributed by atoms with Gasteiger partial charge in [0.05, 0.1) is 12.8 Å². The molecule has 0 saturated carbocycles. The fraction of sp³-hybridized carbons (Fsp3) is 0.235. The minimum atomic E-state index is -4.52. The van der Waals surface area contributed by atoms with Crippen molar-refractivity contribution < 1.29 is 22.7 Å². The number of aromatic amines is 1. The highest BCUT2D eigenvalue weighted by atomic mass is 32.1. The van der Waals surface area contributed by atoms with Gasteiger partial charge in [-0.1, -0.05) is 24.3 Å². The van der Waals surface area contributed by atoms with Crippen molar-refractivity contribution in [3.05, 3.63) is 58.4 Å². The molecule has 136 valence electrons. The van der Waals surface area contributed by atoms with Gasteiger partial charge < -0.3 is 4.74 Å². The lowest BCUT2D eigenvalue weighted by Crippen LogP contribution is -2.12. The van der Waals surface area contributed by atoms with Gasteiger partial charge in [-0.25, -0.2) is 9.78 Å². The molecule has 5 nitrogen and oxygen atoms in total. The summed E-state index contributed by atoms with van der Waals surface area (Å²) in [6, 6.07) is 7.64. The molecule has 0 radical (unpaired) electrons. The molecule has 26 heavy (non-hydrogen) atoms. The lowest BCUT2D eigenvalue weighted by molar-refractivity contribution is -0.141. The van der Waals surface area contributed by atoms with E-state index in [2.05, 4.69) is 10.1 Å². The fourth-order valence-corrected chi connectivity index (χ4v) is 3.26. The highest BCUT2D eigenvalue weighted by Gasteiger charge is 2.35. The molecule has 0 atom stereocenters. The normalized spacial score (nSPS) is 11.5. The lowest BCUT2D eigenvalue weighted by Gasteiger charge is -2.07. The molecule has 0 spiro atoms. The van der Waals surface area contributed by atoms with Crippen molar-refractivity contribution >= 4 is 17.3 Å². The molecule has 3 rings (SSSR count). The van der Waals surface area contributed by atoms with E-state index in [1.807, 2.05) is 36.3 Å². The van der Waals surface area contributed by atoms with Crippen LogP contribution in [0, 0.1) is 6.92 Å². The molecule has 0 aliphatic carbocycles. The van der Waals surface area contributed by atoms with Crippen LogP contribution in [-0.4, -0.2) is 27.8 Å². The van der Waals surface area contributed by atoms with Gasteiger partial charge >= 0.3 is 12.1 Å². The fourth-order valence-electron chi connectivity index (χ4n) is 2.38. The van der Waals surface area contributed by atoms with Gasteiger partial charge in [0, 0.05) is 22.9 Å². The number of thiazole rings is 1. The van der Waals surface area contributed by atoms with Crippen LogP contribution in [0.5, 0.6) is 0 Å². The van der Waals surface area contributed by atoms with Gasteiger partial charge in [-0.05, 0) is 12.5 Å². The van der Waals surface area contributed by atoms with Crippen molar-refractivity contribution in [3.8, 4) is 10.6 Å². The van der Waals surface area contributed by atoms with E-state index in [-0.39, 0.29) is 24.3 Å². The summed E-state index contributed by atoms with van der Waals surface area (Å²) in [5.41, 5.74) is 1.11. The zero-order valence-electron chi connectivity index (χ0n) is 13.6. The minimum absolute atomic E-state index is 0.0517. The molecule has 9 heteroatoms. The Morgan fingerprint density at radius 3 is 2.81 bits per heavy atom. The Hall–Kier alpha value is -2.68. The van der Waals surface area contributed by atoms with Crippen molar-refractivity contribution in [2.75, 3.05) is 6.61 Å². The molecule has 1 aromatic carbocycles. The van der Waals surface area contributed by atoms with Crippen molar-refractivity contribution in [2.24, 2.45) is 0 Å². The number of hydrogen-bond donors (Lipinski definition) is 1. The number of benzene rings is 1. The van der Waals surface area contributed by atoms with Gasteiger partial charge in [-0.2, -0.15) is 18.3 Å². The van der Waals surface area contributed by atoms with Crippen LogP contribution in [0.15, 0.2) is 35.8 Å². The third-order valence-corrected chi connectivity index (χ3v) is 4.57. The number of ether oxygens (including phenoxy) is 1. The molecule has 0 unspecified atom stereocenters. The average molecular weight is 381 g/mol. The number of carbonyl (C=O) groups excluding carboxylic acids is 1. The van der Waals surface area contributed by atoms with Gasteiger partial charge in [0.25, 0.3) is 0 Å².